The highest BCUT2D eigenvalue weighted by atomic mass is 35.5. The topological polar surface area (TPSA) is 90.1 Å². The fraction of sp³-hybridized carbons (Fsp3) is 0.600. The third kappa shape index (κ3) is 3.19. The predicted molar refractivity (Wildman–Crippen MR) is 66.5 cm³/mol. The van der Waals surface area contributed by atoms with Crippen molar-refractivity contribution in [2.75, 3.05) is 0 Å². The molecule has 18 heavy (non-hydrogen) atoms. The molecule has 0 fully saturated rings. The van der Waals surface area contributed by atoms with Crippen molar-refractivity contribution in [1.29, 1.82) is 0 Å². The van der Waals surface area contributed by atoms with Gasteiger partial charge in [-0.15, -0.1) is 0 Å². The fourth-order valence-corrected chi connectivity index (χ4v) is 1.47. The molecule has 0 radical (unpaired) electrons. The first-order valence-electron chi connectivity index (χ1n) is 5.56. The highest BCUT2D eigenvalue weighted by Gasteiger charge is 2.25. The molecule has 2 unspecified atom stereocenters. The van der Waals surface area contributed by atoms with Gasteiger partial charge in [-0.05, 0) is 25.2 Å². The Balaban J connectivity index is 2.84. The van der Waals surface area contributed by atoms with Crippen molar-refractivity contribution >= 4 is 23.3 Å². The van der Waals surface area contributed by atoms with E-state index >= 15 is 0 Å². The maximum absolute atomic E-state index is 11.8. The van der Waals surface area contributed by atoms with Crippen molar-refractivity contribution in [2.24, 2.45) is 0 Å². The highest BCUT2D eigenvalue weighted by molar-refractivity contribution is 6.32. The SMILES string of the molecule is CCC(C)NC(=O)C(C)n1cc(Cl)c([N+](=O)[O-])n1. The number of nitro groups is 1. The Labute approximate surface area is 109 Å². The molecule has 0 aliphatic heterocycles. The van der Waals surface area contributed by atoms with Gasteiger partial charge >= 0.3 is 5.82 Å². The molecule has 0 aromatic carbocycles. The minimum absolute atomic E-state index is 0.0426. The molecule has 1 heterocycles. The summed E-state index contributed by atoms with van der Waals surface area (Å²) in [5, 5.41) is 17.0. The number of hydrogen-bond acceptors (Lipinski definition) is 4. The minimum Gasteiger partial charge on any atom is -0.358 e. The van der Waals surface area contributed by atoms with Gasteiger partial charge in [-0.1, -0.05) is 18.5 Å². The second-order valence-corrected chi connectivity index (χ2v) is 4.44. The first-order chi connectivity index (χ1) is 8.36. The molecule has 0 spiro atoms. The Hall–Kier alpha value is -1.63. The lowest BCUT2D eigenvalue weighted by Crippen LogP contribution is -2.37. The second-order valence-electron chi connectivity index (χ2n) is 4.03. The molecular weight excluding hydrogens is 260 g/mol. The molecular formula is C10H15ClN4O3. The summed E-state index contributed by atoms with van der Waals surface area (Å²) in [6.45, 7) is 5.43. The zero-order valence-corrected chi connectivity index (χ0v) is 11.1. The van der Waals surface area contributed by atoms with E-state index in [1.807, 2.05) is 13.8 Å². The van der Waals surface area contributed by atoms with E-state index in [-0.39, 0.29) is 17.0 Å². The van der Waals surface area contributed by atoms with Gasteiger partial charge in [0.25, 0.3) is 0 Å². The van der Waals surface area contributed by atoms with Gasteiger partial charge in [0.1, 0.15) is 6.04 Å². The normalized spacial score (nSPS) is 14.0. The number of nitrogens with zero attached hydrogens (tertiary/aromatic N) is 3. The lowest BCUT2D eigenvalue weighted by molar-refractivity contribution is -0.389. The molecule has 7 nitrogen and oxygen atoms in total. The summed E-state index contributed by atoms with van der Waals surface area (Å²) in [5.74, 6) is -0.696. The van der Waals surface area contributed by atoms with Crippen molar-refractivity contribution in [3.8, 4) is 0 Å². The Morgan fingerprint density at radius 1 is 1.67 bits per heavy atom. The van der Waals surface area contributed by atoms with Crippen LogP contribution >= 0.6 is 11.6 Å². The lowest BCUT2D eigenvalue weighted by atomic mass is 10.2. The lowest BCUT2D eigenvalue weighted by Gasteiger charge is -2.14. The van der Waals surface area contributed by atoms with Crippen LogP contribution in [-0.4, -0.2) is 26.7 Å². The molecule has 0 bridgehead atoms. The quantitative estimate of drug-likeness (QED) is 0.656. The molecule has 1 amide bonds. The smallest absolute Gasteiger partial charge is 0.358 e. The second kappa shape index (κ2) is 5.81. The summed E-state index contributed by atoms with van der Waals surface area (Å²) < 4.78 is 1.19. The van der Waals surface area contributed by atoms with Crippen LogP contribution in [-0.2, 0) is 4.79 Å². The van der Waals surface area contributed by atoms with Crippen LogP contribution in [0.15, 0.2) is 6.20 Å². The van der Waals surface area contributed by atoms with E-state index in [1.165, 1.54) is 10.9 Å². The van der Waals surface area contributed by atoms with Gasteiger partial charge in [0, 0.05) is 6.04 Å². The fourth-order valence-electron chi connectivity index (χ4n) is 1.27. The Morgan fingerprint density at radius 2 is 2.28 bits per heavy atom. The third-order valence-electron chi connectivity index (χ3n) is 2.62. The van der Waals surface area contributed by atoms with Gasteiger partial charge < -0.3 is 15.4 Å². The van der Waals surface area contributed by atoms with E-state index in [0.29, 0.717) is 0 Å². The number of aromatic nitrogens is 2. The molecule has 0 saturated heterocycles. The zero-order valence-electron chi connectivity index (χ0n) is 10.4. The summed E-state index contributed by atoms with van der Waals surface area (Å²) >= 11 is 5.67. The van der Waals surface area contributed by atoms with Crippen LogP contribution in [0.1, 0.15) is 33.2 Å². The number of rotatable bonds is 5. The van der Waals surface area contributed by atoms with Crippen molar-refractivity contribution < 1.29 is 9.72 Å². The summed E-state index contributed by atoms with van der Waals surface area (Å²) in [7, 11) is 0. The van der Waals surface area contributed by atoms with E-state index in [2.05, 4.69) is 10.4 Å². The van der Waals surface area contributed by atoms with E-state index in [0.717, 1.165) is 6.42 Å². The molecule has 8 heteroatoms. The molecule has 1 N–H and O–H groups in total. The number of amides is 1. The number of hydrogen-bond donors (Lipinski definition) is 1. The molecule has 0 saturated carbocycles. The Kier molecular flexibility index (Phi) is 4.66. The predicted octanol–water partition coefficient (Wildman–Crippen LogP) is 1.92. The standard InChI is InChI=1S/C10H15ClN4O3/c1-4-6(2)12-10(16)7(3)14-5-8(11)9(13-14)15(17)18/h5-7H,4H2,1-3H3,(H,12,16). The summed E-state index contributed by atoms with van der Waals surface area (Å²) in [6.07, 6.45) is 2.08. The maximum Gasteiger partial charge on any atom is 0.408 e. The van der Waals surface area contributed by atoms with Gasteiger partial charge in [-0.2, -0.15) is 4.68 Å². The number of carbonyl (C=O) groups excluding carboxylic acids is 1. The summed E-state index contributed by atoms with van der Waals surface area (Å²) in [5.41, 5.74) is 0. The Bertz CT molecular complexity index is 460. The zero-order chi connectivity index (χ0) is 13.9. The first-order valence-corrected chi connectivity index (χ1v) is 5.94. The van der Waals surface area contributed by atoms with Crippen LogP contribution in [0.25, 0.3) is 0 Å². The Morgan fingerprint density at radius 3 is 2.72 bits per heavy atom. The van der Waals surface area contributed by atoms with Gasteiger partial charge in [0.2, 0.25) is 5.91 Å². The van der Waals surface area contributed by atoms with E-state index in [4.69, 9.17) is 11.6 Å². The van der Waals surface area contributed by atoms with E-state index in [9.17, 15) is 14.9 Å². The van der Waals surface area contributed by atoms with Crippen LogP contribution in [0, 0.1) is 10.1 Å². The molecule has 1 aromatic heterocycles. The molecule has 0 aliphatic carbocycles. The molecule has 100 valence electrons. The minimum atomic E-state index is -0.682. The number of halogens is 1. The van der Waals surface area contributed by atoms with Crippen molar-refractivity contribution in [1.82, 2.24) is 15.1 Å². The monoisotopic (exact) mass is 274 g/mol. The van der Waals surface area contributed by atoms with Crippen LogP contribution in [0.5, 0.6) is 0 Å². The average molecular weight is 275 g/mol. The van der Waals surface area contributed by atoms with Gasteiger partial charge in [0.15, 0.2) is 5.02 Å². The largest absolute Gasteiger partial charge is 0.408 e. The van der Waals surface area contributed by atoms with E-state index in [1.54, 1.807) is 6.92 Å². The van der Waals surface area contributed by atoms with Gasteiger partial charge in [-0.3, -0.25) is 4.79 Å². The number of carbonyl (C=O) groups is 1. The molecule has 1 aromatic rings. The average Bonchev–Trinajstić information content (AvgIpc) is 2.70. The van der Waals surface area contributed by atoms with Crippen LogP contribution < -0.4 is 5.32 Å². The summed E-state index contributed by atoms with van der Waals surface area (Å²) in [6, 6.07) is -0.605. The van der Waals surface area contributed by atoms with Gasteiger partial charge in [-0.25, -0.2) is 0 Å². The first kappa shape index (κ1) is 14.4. The highest BCUT2D eigenvalue weighted by Crippen LogP contribution is 2.23. The molecule has 1 rings (SSSR count). The van der Waals surface area contributed by atoms with Crippen molar-refractivity contribution in [3.05, 3.63) is 21.3 Å². The third-order valence-corrected chi connectivity index (χ3v) is 2.89. The van der Waals surface area contributed by atoms with Crippen molar-refractivity contribution in [3.63, 3.8) is 0 Å². The molecule has 2 atom stereocenters. The van der Waals surface area contributed by atoms with Crippen LogP contribution in [0.3, 0.4) is 0 Å². The molecule has 0 aliphatic rings. The summed E-state index contributed by atoms with van der Waals surface area (Å²) in [4.78, 5) is 21.7. The van der Waals surface area contributed by atoms with E-state index < -0.39 is 16.8 Å². The number of nitrogens with one attached hydrogen (secondary N) is 1. The van der Waals surface area contributed by atoms with Crippen LogP contribution in [0.4, 0.5) is 5.82 Å². The maximum atomic E-state index is 11.8. The van der Waals surface area contributed by atoms with Crippen LogP contribution in [0.2, 0.25) is 5.02 Å². The van der Waals surface area contributed by atoms with Gasteiger partial charge in [0.05, 0.1) is 11.3 Å². The van der Waals surface area contributed by atoms with Crippen molar-refractivity contribution in [2.45, 2.75) is 39.3 Å².